The summed E-state index contributed by atoms with van der Waals surface area (Å²) in [6.07, 6.45) is 8.00. The van der Waals surface area contributed by atoms with Gasteiger partial charge in [0.05, 0.1) is 12.1 Å². The fourth-order valence-electron chi connectivity index (χ4n) is 5.10. The molecule has 1 saturated carbocycles. The third kappa shape index (κ3) is 4.24. The number of carbonyl (C=O) groups is 2. The molecule has 1 atom stereocenters. The first-order chi connectivity index (χ1) is 13.7. The van der Waals surface area contributed by atoms with Gasteiger partial charge in [0.1, 0.15) is 0 Å². The lowest BCUT2D eigenvalue weighted by molar-refractivity contribution is -0.138. The number of hydrogen-bond donors (Lipinski definition) is 0. The van der Waals surface area contributed by atoms with Crippen molar-refractivity contribution in [2.24, 2.45) is 5.92 Å². The molecule has 0 N–H and O–H groups in total. The zero-order valence-electron chi connectivity index (χ0n) is 16.8. The summed E-state index contributed by atoms with van der Waals surface area (Å²) in [6, 6.07) is 10.1. The SMILES string of the molecule is O=C(CCC1CCCC1)N1CCC(=O)N(Cc2ccccc2)C2(CCOC2)C1. The Balaban J connectivity index is 1.47. The molecular weight excluding hydrogens is 352 g/mol. The molecule has 2 amide bonds. The van der Waals surface area contributed by atoms with Gasteiger partial charge in [-0.05, 0) is 24.3 Å². The van der Waals surface area contributed by atoms with Crippen molar-refractivity contribution in [3.8, 4) is 0 Å². The summed E-state index contributed by atoms with van der Waals surface area (Å²) in [6.45, 7) is 2.91. The van der Waals surface area contributed by atoms with Crippen LogP contribution in [0, 0.1) is 5.92 Å². The van der Waals surface area contributed by atoms with Crippen molar-refractivity contribution in [1.29, 1.82) is 0 Å². The third-order valence-electron chi connectivity index (χ3n) is 6.81. The molecule has 2 heterocycles. The highest BCUT2D eigenvalue weighted by Gasteiger charge is 2.46. The van der Waals surface area contributed by atoms with Gasteiger partial charge in [0.25, 0.3) is 0 Å². The summed E-state index contributed by atoms with van der Waals surface area (Å²) < 4.78 is 5.75. The molecule has 3 fully saturated rings. The van der Waals surface area contributed by atoms with Crippen molar-refractivity contribution >= 4 is 11.8 Å². The number of rotatable bonds is 5. The molecule has 2 aliphatic heterocycles. The Bertz CT molecular complexity index is 678. The molecule has 1 aromatic carbocycles. The Morgan fingerprint density at radius 2 is 1.96 bits per heavy atom. The molecule has 4 rings (SSSR count). The molecule has 5 heteroatoms. The highest BCUT2D eigenvalue weighted by Crippen LogP contribution is 2.33. The van der Waals surface area contributed by atoms with Crippen LogP contribution in [0.15, 0.2) is 30.3 Å². The zero-order valence-corrected chi connectivity index (χ0v) is 16.8. The third-order valence-corrected chi connectivity index (χ3v) is 6.81. The molecule has 152 valence electrons. The van der Waals surface area contributed by atoms with Gasteiger partial charge in [0.15, 0.2) is 0 Å². The zero-order chi connectivity index (χ0) is 19.4. The minimum Gasteiger partial charge on any atom is -0.379 e. The molecule has 0 radical (unpaired) electrons. The lowest BCUT2D eigenvalue weighted by atomic mass is 9.94. The van der Waals surface area contributed by atoms with E-state index in [4.69, 9.17) is 4.74 Å². The lowest BCUT2D eigenvalue weighted by Crippen LogP contribution is -2.56. The van der Waals surface area contributed by atoms with E-state index in [1.54, 1.807) is 0 Å². The van der Waals surface area contributed by atoms with Gasteiger partial charge in [0, 0.05) is 39.1 Å². The van der Waals surface area contributed by atoms with Crippen molar-refractivity contribution < 1.29 is 14.3 Å². The smallest absolute Gasteiger partial charge is 0.225 e. The molecule has 1 spiro atoms. The standard InChI is InChI=1S/C23H32N2O3/c26-21(11-10-19-6-4-5-7-19)24-14-12-22(27)25(16-20-8-2-1-3-9-20)23(17-24)13-15-28-18-23/h1-3,8-9,19H,4-7,10-18H2. The van der Waals surface area contributed by atoms with Crippen LogP contribution in [-0.4, -0.2) is 53.5 Å². The van der Waals surface area contributed by atoms with Crippen LogP contribution in [0.2, 0.25) is 0 Å². The van der Waals surface area contributed by atoms with E-state index in [1.807, 2.05) is 28.0 Å². The van der Waals surface area contributed by atoms with Crippen LogP contribution in [0.4, 0.5) is 0 Å². The lowest BCUT2D eigenvalue weighted by Gasteiger charge is -2.40. The minimum atomic E-state index is -0.382. The monoisotopic (exact) mass is 384 g/mol. The molecule has 1 unspecified atom stereocenters. The van der Waals surface area contributed by atoms with Gasteiger partial charge < -0.3 is 14.5 Å². The van der Waals surface area contributed by atoms with E-state index in [0.717, 1.165) is 24.3 Å². The Labute approximate surface area is 168 Å². The molecule has 1 aliphatic carbocycles. The molecule has 1 aromatic rings. The average Bonchev–Trinajstić information content (AvgIpc) is 3.38. The van der Waals surface area contributed by atoms with Gasteiger partial charge in [-0.3, -0.25) is 9.59 Å². The van der Waals surface area contributed by atoms with E-state index in [2.05, 4.69) is 12.1 Å². The van der Waals surface area contributed by atoms with Crippen LogP contribution in [0.5, 0.6) is 0 Å². The highest BCUT2D eigenvalue weighted by atomic mass is 16.5. The molecule has 0 bridgehead atoms. The van der Waals surface area contributed by atoms with Crippen LogP contribution < -0.4 is 0 Å². The van der Waals surface area contributed by atoms with E-state index in [1.165, 1.54) is 25.7 Å². The number of nitrogens with zero attached hydrogens (tertiary/aromatic N) is 2. The molecule has 3 aliphatic rings. The van der Waals surface area contributed by atoms with Crippen molar-refractivity contribution in [1.82, 2.24) is 9.80 Å². The van der Waals surface area contributed by atoms with E-state index in [-0.39, 0.29) is 17.4 Å². The van der Waals surface area contributed by atoms with Crippen LogP contribution >= 0.6 is 0 Å². The predicted molar refractivity (Wildman–Crippen MR) is 108 cm³/mol. The first kappa shape index (κ1) is 19.4. The molecular formula is C23H32N2O3. The second-order valence-corrected chi connectivity index (χ2v) is 8.75. The van der Waals surface area contributed by atoms with E-state index < -0.39 is 0 Å². The molecule has 0 aromatic heterocycles. The Morgan fingerprint density at radius 1 is 1.18 bits per heavy atom. The number of amides is 2. The van der Waals surface area contributed by atoms with Gasteiger partial charge >= 0.3 is 0 Å². The van der Waals surface area contributed by atoms with Gasteiger partial charge in [-0.25, -0.2) is 0 Å². The first-order valence-electron chi connectivity index (χ1n) is 10.9. The maximum absolute atomic E-state index is 13.0. The van der Waals surface area contributed by atoms with E-state index in [9.17, 15) is 9.59 Å². The largest absolute Gasteiger partial charge is 0.379 e. The quantitative estimate of drug-likeness (QED) is 0.782. The summed E-state index contributed by atoms with van der Waals surface area (Å²) in [5.41, 5.74) is 0.745. The molecule has 2 saturated heterocycles. The van der Waals surface area contributed by atoms with Gasteiger partial charge in [0.2, 0.25) is 11.8 Å². The summed E-state index contributed by atoms with van der Waals surface area (Å²) in [5, 5.41) is 0. The van der Waals surface area contributed by atoms with Crippen LogP contribution in [-0.2, 0) is 20.9 Å². The Kier molecular flexibility index (Phi) is 6.00. The summed E-state index contributed by atoms with van der Waals surface area (Å²) in [4.78, 5) is 30.0. The van der Waals surface area contributed by atoms with Crippen LogP contribution in [0.25, 0.3) is 0 Å². The van der Waals surface area contributed by atoms with Crippen molar-refractivity contribution in [3.63, 3.8) is 0 Å². The Hall–Kier alpha value is -1.88. The second-order valence-electron chi connectivity index (χ2n) is 8.75. The summed E-state index contributed by atoms with van der Waals surface area (Å²) in [5.74, 6) is 1.07. The van der Waals surface area contributed by atoms with E-state index >= 15 is 0 Å². The van der Waals surface area contributed by atoms with Crippen LogP contribution in [0.3, 0.4) is 0 Å². The van der Waals surface area contributed by atoms with Crippen LogP contribution in [0.1, 0.15) is 56.9 Å². The number of ether oxygens (including phenoxy) is 1. The van der Waals surface area contributed by atoms with Crippen molar-refractivity contribution in [2.75, 3.05) is 26.3 Å². The van der Waals surface area contributed by atoms with Gasteiger partial charge in [-0.2, -0.15) is 0 Å². The van der Waals surface area contributed by atoms with Gasteiger partial charge in [-0.15, -0.1) is 0 Å². The van der Waals surface area contributed by atoms with Crippen molar-refractivity contribution in [2.45, 2.75) is 63.5 Å². The second kappa shape index (κ2) is 8.64. The normalized spacial score (nSPS) is 26.2. The minimum absolute atomic E-state index is 0.139. The van der Waals surface area contributed by atoms with E-state index in [0.29, 0.717) is 45.7 Å². The maximum Gasteiger partial charge on any atom is 0.225 e. The fraction of sp³-hybridized carbons (Fsp3) is 0.652. The number of benzene rings is 1. The molecule has 5 nitrogen and oxygen atoms in total. The Morgan fingerprint density at radius 3 is 2.68 bits per heavy atom. The van der Waals surface area contributed by atoms with Gasteiger partial charge in [-0.1, -0.05) is 56.0 Å². The van der Waals surface area contributed by atoms with Crippen molar-refractivity contribution in [3.05, 3.63) is 35.9 Å². The topological polar surface area (TPSA) is 49.9 Å². The summed E-state index contributed by atoms with van der Waals surface area (Å²) in [7, 11) is 0. The average molecular weight is 385 g/mol. The number of carbonyl (C=O) groups excluding carboxylic acids is 2. The predicted octanol–water partition coefficient (Wildman–Crippen LogP) is 3.38. The molecule has 28 heavy (non-hydrogen) atoms. The fourth-order valence-corrected chi connectivity index (χ4v) is 5.10. The maximum atomic E-state index is 13.0. The first-order valence-corrected chi connectivity index (χ1v) is 10.9. The number of hydrogen-bond acceptors (Lipinski definition) is 3. The summed E-state index contributed by atoms with van der Waals surface area (Å²) >= 11 is 0. The highest BCUT2D eigenvalue weighted by molar-refractivity contribution is 5.81.